The third-order valence-electron chi connectivity index (χ3n) is 6.00. The summed E-state index contributed by atoms with van der Waals surface area (Å²) in [5.74, 6) is -0.199. The van der Waals surface area contributed by atoms with E-state index in [4.69, 9.17) is 4.84 Å². The van der Waals surface area contributed by atoms with E-state index in [9.17, 15) is 9.18 Å². The zero-order valence-corrected chi connectivity index (χ0v) is 14.1. The van der Waals surface area contributed by atoms with E-state index in [1.54, 1.807) is 24.5 Å². The summed E-state index contributed by atoms with van der Waals surface area (Å²) >= 11 is 0. The Labute approximate surface area is 150 Å². The fraction of sp³-hybridized carbons (Fsp3) is 0.350. The molecule has 2 aliphatic carbocycles. The highest BCUT2D eigenvalue weighted by Crippen LogP contribution is 2.60. The molecule has 2 bridgehead atoms. The van der Waals surface area contributed by atoms with E-state index in [0.717, 1.165) is 30.5 Å². The first-order chi connectivity index (χ1) is 12.7. The van der Waals surface area contributed by atoms with Crippen LogP contribution in [0, 0.1) is 23.6 Å². The summed E-state index contributed by atoms with van der Waals surface area (Å²) in [4.78, 5) is 23.3. The lowest BCUT2D eigenvalue weighted by molar-refractivity contribution is -0.149. The van der Waals surface area contributed by atoms with Crippen LogP contribution < -0.4 is 5.32 Å². The van der Waals surface area contributed by atoms with Crippen molar-refractivity contribution in [3.05, 3.63) is 60.2 Å². The highest BCUT2D eigenvalue weighted by atomic mass is 19.1. The smallest absolute Gasteiger partial charge is 0.272 e. The van der Waals surface area contributed by atoms with E-state index in [-0.39, 0.29) is 23.6 Å². The van der Waals surface area contributed by atoms with Gasteiger partial charge in [0.15, 0.2) is 0 Å². The second kappa shape index (κ2) is 5.62. The maximum absolute atomic E-state index is 13.5. The summed E-state index contributed by atoms with van der Waals surface area (Å²) in [6, 6.07) is 9.73. The number of pyridine rings is 1. The Hall–Kier alpha value is -2.76. The molecular formula is C20H18FN3O2. The van der Waals surface area contributed by atoms with Gasteiger partial charge in [0, 0.05) is 29.6 Å². The Bertz CT molecular complexity index is 901. The number of nitrogens with one attached hydrogen (secondary N) is 1. The van der Waals surface area contributed by atoms with E-state index < -0.39 is 5.60 Å². The number of hydrogen-bond donors (Lipinski definition) is 1. The van der Waals surface area contributed by atoms with Gasteiger partial charge in [-0.2, -0.15) is 0 Å². The molecule has 26 heavy (non-hydrogen) atoms. The van der Waals surface area contributed by atoms with Gasteiger partial charge in [-0.3, -0.25) is 9.78 Å². The summed E-state index contributed by atoms with van der Waals surface area (Å²) in [7, 11) is 0. The third kappa shape index (κ3) is 2.11. The minimum Gasteiger partial charge on any atom is -0.378 e. The Morgan fingerprint density at radius 3 is 3.00 bits per heavy atom. The highest BCUT2D eigenvalue weighted by molar-refractivity contribution is 6.10. The molecule has 4 atom stereocenters. The first-order valence-electron chi connectivity index (χ1n) is 8.92. The Balaban J connectivity index is 1.50. The molecular weight excluding hydrogens is 333 g/mol. The van der Waals surface area contributed by atoms with E-state index in [2.05, 4.69) is 15.5 Å². The summed E-state index contributed by atoms with van der Waals surface area (Å²) < 4.78 is 13.5. The number of benzene rings is 1. The standard InChI is InChI=1S/C20H18FN3O2/c21-15-4-1-5-16(10-15)23-19(25)20-14-7-6-12(9-14)17(20)18(24-26-20)13-3-2-8-22-11-13/h1-5,8,10-12,14,17H,6-7,9H2,(H,23,25)/t12-,14+,17-,20-/m1/s1. The summed E-state index contributed by atoms with van der Waals surface area (Å²) in [6.07, 6.45) is 6.46. The maximum atomic E-state index is 13.5. The van der Waals surface area contributed by atoms with Crippen LogP contribution in [0.2, 0.25) is 0 Å². The average Bonchev–Trinajstić information content (AvgIpc) is 3.34. The molecule has 2 aromatic rings. The normalized spacial score (nSPS) is 31.3. The summed E-state index contributed by atoms with van der Waals surface area (Å²) in [5, 5.41) is 7.18. The van der Waals surface area contributed by atoms with Crippen molar-refractivity contribution >= 4 is 17.3 Å². The molecule has 3 aliphatic rings. The van der Waals surface area contributed by atoms with Gasteiger partial charge in [-0.1, -0.05) is 11.2 Å². The van der Waals surface area contributed by atoms with Gasteiger partial charge < -0.3 is 10.2 Å². The molecule has 1 aliphatic heterocycles. The number of hydrogen-bond acceptors (Lipinski definition) is 4. The first kappa shape index (κ1) is 15.5. The number of anilines is 1. The van der Waals surface area contributed by atoms with Gasteiger partial charge in [0.2, 0.25) is 5.60 Å². The number of fused-ring (bicyclic) bond motifs is 5. The van der Waals surface area contributed by atoms with Crippen molar-refractivity contribution in [2.24, 2.45) is 22.9 Å². The predicted molar refractivity (Wildman–Crippen MR) is 93.9 cm³/mol. The second-order valence-corrected chi connectivity index (χ2v) is 7.31. The van der Waals surface area contributed by atoms with Crippen LogP contribution >= 0.6 is 0 Å². The number of nitrogens with zero attached hydrogens (tertiary/aromatic N) is 2. The van der Waals surface area contributed by atoms with Crippen molar-refractivity contribution in [1.29, 1.82) is 0 Å². The van der Waals surface area contributed by atoms with Gasteiger partial charge in [0.25, 0.3) is 5.91 Å². The van der Waals surface area contributed by atoms with Crippen LogP contribution in [0.3, 0.4) is 0 Å². The van der Waals surface area contributed by atoms with E-state index in [1.165, 1.54) is 12.1 Å². The Morgan fingerprint density at radius 2 is 2.19 bits per heavy atom. The molecule has 0 unspecified atom stereocenters. The Morgan fingerprint density at radius 1 is 1.27 bits per heavy atom. The van der Waals surface area contributed by atoms with Gasteiger partial charge in [0.1, 0.15) is 5.82 Å². The van der Waals surface area contributed by atoms with Crippen LogP contribution in [-0.2, 0) is 9.63 Å². The zero-order valence-electron chi connectivity index (χ0n) is 14.1. The number of oxime groups is 1. The molecule has 2 fully saturated rings. The van der Waals surface area contributed by atoms with E-state index >= 15 is 0 Å². The van der Waals surface area contributed by atoms with E-state index in [0.29, 0.717) is 11.6 Å². The van der Waals surface area contributed by atoms with Crippen molar-refractivity contribution in [1.82, 2.24) is 4.98 Å². The zero-order chi connectivity index (χ0) is 17.7. The molecule has 5 rings (SSSR count). The number of amides is 1. The molecule has 5 nitrogen and oxygen atoms in total. The predicted octanol–water partition coefficient (Wildman–Crippen LogP) is 3.38. The molecule has 0 spiro atoms. The molecule has 1 aromatic heterocycles. The molecule has 2 saturated carbocycles. The fourth-order valence-corrected chi connectivity index (χ4v) is 4.96. The van der Waals surface area contributed by atoms with Gasteiger partial charge in [-0.25, -0.2) is 4.39 Å². The van der Waals surface area contributed by atoms with Gasteiger partial charge >= 0.3 is 0 Å². The highest BCUT2D eigenvalue weighted by Gasteiger charge is 2.69. The SMILES string of the molecule is O=C(Nc1cccc(F)c1)[C@]12ON=C(c3cccnc3)[C@H]1[C@@H]1CC[C@H]2C1. The number of halogens is 1. The number of carbonyl (C=O) groups excluding carboxylic acids is 1. The van der Waals surface area contributed by atoms with Crippen LogP contribution in [0.5, 0.6) is 0 Å². The number of rotatable bonds is 3. The molecule has 6 heteroatoms. The lowest BCUT2D eigenvalue weighted by atomic mass is 9.72. The van der Waals surface area contributed by atoms with Crippen LogP contribution in [0.4, 0.5) is 10.1 Å². The Kier molecular flexibility index (Phi) is 3.35. The van der Waals surface area contributed by atoms with Crippen molar-refractivity contribution in [3.8, 4) is 0 Å². The molecule has 132 valence electrons. The quantitative estimate of drug-likeness (QED) is 0.922. The molecule has 2 heterocycles. The summed E-state index contributed by atoms with van der Waals surface area (Å²) in [6.45, 7) is 0. The van der Waals surface area contributed by atoms with Gasteiger partial charge in [0.05, 0.1) is 11.6 Å². The van der Waals surface area contributed by atoms with Crippen LogP contribution in [0.15, 0.2) is 53.9 Å². The molecule has 1 aromatic carbocycles. The number of carbonyl (C=O) groups is 1. The van der Waals surface area contributed by atoms with Gasteiger partial charge in [-0.05, 0) is 55.5 Å². The lowest BCUT2D eigenvalue weighted by Gasteiger charge is -2.35. The first-order valence-corrected chi connectivity index (χ1v) is 8.92. The lowest BCUT2D eigenvalue weighted by Crippen LogP contribution is -2.53. The number of aromatic nitrogens is 1. The van der Waals surface area contributed by atoms with Gasteiger partial charge in [-0.15, -0.1) is 0 Å². The fourth-order valence-electron chi connectivity index (χ4n) is 4.96. The van der Waals surface area contributed by atoms with Crippen LogP contribution in [0.25, 0.3) is 0 Å². The largest absolute Gasteiger partial charge is 0.378 e. The molecule has 0 saturated heterocycles. The van der Waals surface area contributed by atoms with Crippen LogP contribution in [-0.4, -0.2) is 22.2 Å². The van der Waals surface area contributed by atoms with Crippen LogP contribution in [0.1, 0.15) is 24.8 Å². The second-order valence-electron chi connectivity index (χ2n) is 7.31. The maximum Gasteiger partial charge on any atom is 0.272 e. The topological polar surface area (TPSA) is 63.6 Å². The van der Waals surface area contributed by atoms with Crippen molar-refractivity contribution in [2.45, 2.75) is 24.9 Å². The monoisotopic (exact) mass is 351 g/mol. The minimum absolute atomic E-state index is 0.0843. The molecule has 1 amide bonds. The molecule has 1 N–H and O–H groups in total. The van der Waals surface area contributed by atoms with Crippen molar-refractivity contribution in [2.75, 3.05) is 5.32 Å². The summed E-state index contributed by atoms with van der Waals surface area (Å²) in [5.41, 5.74) is 1.13. The van der Waals surface area contributed by atoms with Crippen molar-refractivity contribution < 1.29 is 14.0 Å². The van der Waals surface area contributed by atoms with Crippen molar-refractivity contribution in [3.63, 3.8) is 0 Å². The third-order valence-corrected chi connectivity index (χ3v) is 6.00. The molecule has 0 radical (unpaired) electrons. The average molecular weight is 351 g/mol. The van der Waals surface area contributed by atoms with E-state index in [1.807, 2.05) is 12.1 Å². The minimum atomic E-state index is -1.000.